The molecule has 1 aliphatic heterocycles. The third-order valence-electron chi connectivity index (χ3n) is 5.82. The van der Waals surface area contributed by atoms with E-state index < -0.39 is 0 Å². The summed E-state index contributed by atoms with van der Waals surface area (Å²) in [6.45, 7) is 6.52. The van der Waals surface area contributed by atoms with Gasteiger partial charge in [0.1, 0.15) is 12.1 Å². The van der Waals surface area contributed by atoms with Crippen LogP contribution in [0.4, 0.5) is 5.82 Å². The van der Waals surface area contributed by atoms with Crippen molar-refractivity contribution in [2.75, 3.05) is 31.1 Å². The van der Waals surface area contributed by atoms with Gasteiger partial charge in [-0.05, 0) is 24.6 Å². The van der Waals surface area contributed by atoms with Crippen LogP contribution in [-0.4, -0.2) is 57.2 Å². The number of anilines is 1. The Morgan fingerprint density at radius 2 is 1.93 bits per heavy atom. The first-order valence-electron chi connectivity index (χ1n) is 9.90. The molecule has 0 spiro atoms. The van der Waals surface area contributed by atoms with E-state index in [-0.39, 0.29) is 5.91 Å². The Labute approximate surface area is 178 Å². The minimum atomic E-state index is 0.109. The van der Waals surface area contributed by atoms with E-state index in [1.165, 1.54) is 0 Å². The number of benzene rings is 2. The van der Waals surface area contributed by atoms with Gasteiger partial charge in [-0.25, -0.2) is 9.97 Å². The summed E-state index contributed by atoms with van der Waals surface area (Å²) in [5, 5.41) is 9.88. The van der Waals surface area contributed by atoms with Crippen LogP contribution in [0.25, 0.3) is 32.9 Å². The molecule has 8 heteroatoms. The molecule has 30 heavy (non-hydrogen) atoms. The molecule has 5 rings (SSSR count). The second-order valence-corrected chi connectivity index (χ2v) is 8.04. The van der Waals surface area contributed by atoms with E-state index in [2.05, 4.69) is 38.1 Å². The molecule has 1 fully saturated rings. The number of H-pyrrole nitrogens is 1. The number of rotatable bonds is 2. The Bertz CT molecular complexity index is 1280. The number of carbonyl (C=O) groups excluding carboxylic acids is 1. The molecule has 0 bridgehead atoms. The van der Waals surface area contributed by atoms with Crippen LogP contribution in [0.15, 0.2) is 36.8 Å². The second-order valence-electron chi connectivity index (χ2n) is 7.63. The highest BCUT2D eigenvalue weighted by atomic mass is 35.5. The minimum absolute atomic E-state index is 0.109. The van der Waals surface area contributed by atoms with Crippen molar-refractivity contribution in [2.24, 2.45) is 0 Å². The van der Waals surface area contributed by atoms with Crippen molar-refractivity contribution < 1.29 is 4.79 Å². The number of fused-ring (bicyclic) bond motifs is 2. The zero-order valence-electron chi connectivity index (χ0n) is 16.8. The lowest BCUT2D eigenvalue weighted by Crippen LogP contribution is -2.48. The summed E-state index contributed by atoms with van der Waals surface area (Å²) in [4.78, 5) is 24.7. The van der Waals surface area contributed by atoms with Crippen molar-refractivity contribution in [1.29, 1.82) is 0 Å². The van der Waals surface area contributed by atoms with Gasteiger partial charge >= 0.3 is 0 Å². The minimum Gasteiger partial charge on any atom is -0.352 e. The van der Waals surface area contributed by atoms with Gasteiger partial charge in [-0.15, -0.1) is 0 Å². The number of nitrogens with zero attached hydrogens (tertiary/aromatic N) is 5. The molecule has 0 radical (unpaired) electrons. The molecule has 0 unspecified atom stereocenters. The standard InChI is InChI=1S/C22H21ClN6O/c1-13-3-4-15-11-26-27-21(15)20(13)16-10-19-17(9-18(16)23)22(25-12-24-19)29-7-5-28(6-8-29)14(2)30/h3-4,9-12H,5-8H2,1-2H3,(H,26,27). The number of amides is 1. The third-order valence-corrected chi connectivity index (χ3v) is 6.14. The molecular weight excluding hydrogens is 400 g/mol. The molecule has 0 atom stereocenters. The molecule has 0 aliphatic carbocycles. The van der Waals surface area contributed by atoms with Crippen molar-refractivity contribution in [3.05, 3.63) is 47.4 Å². The SMILES string of the molecule is CC(=O)N1CCN(c2ncnc3cc(-c4c(C)ccc5cn[nH]c45)c(Cl)cc23)CC1. The summed E-state index contributed by atoms with van der Waals surface area (Å²) >= 11 is 6.79. The molecule has 1 saturated heterocycles. The Morgan fingerprint density at radius 1 is 1.13 bits per heavy atom. The van der Waals surface area contributed by atoms with Crippen LogP contribution >= 0.6 is 11.6 Å². The van der Waals surface area contributed by atoms with E-state index in [0.29, 0.717) is 18.1 Å². The Balaban J connectivity index is 1.60. The molecule has 0 saturated carbocycles. The van der Waals surface area contributed by atoms with Crippen molar-refractivity contribution in [3.63, 3.8) is 0 Å². The smallest absolute Gasteiger partial charge is 0.219 e. The van der Waals surface area contributed by atoms with E-state index in [0.717, 1.165) is 57.4 Å². The van der Waals surface area contributed by atoms with Gasteiger partial charge < -0.3 is 9.80 Å². The van der Waals surface area contributed by atoms with E-state index in [1.807, 2.05) is 29.3 Å². The average Bonchev–Trinajstić information content (AvgIpc) is 3.22. The van der Waals surface area contributed by atoms with Crippen molar-refractivity contribution in [3.8, 4) is 11.1 Å². The molecule has 2 aromatic heterocycles. The van der Waals surface area contributed by atoms with Gasteiger partial charge in [0.25, 0.3) is 0 Å². The second kappa shape index (κ2) is 7.25. The van der Waals surface area contributed by atoms with Crippen LogP contribution in [0.2, 0.25) is 5.02 Å². The first-order chi connectivity index (χ1) is 14.5. The Hall–Kier alpha value is -3.19. The monoisotopic (exact) mass is 420 g/mol. The maximum Gasteiger partial charge on any atom is 0.219 e. The lowest BCUT2D eigenvalue weighted by Gasteiger charge is -2.35. The van der Waals surface area contributed by atoms with Crippen molar-refractivity contribution in [1.82, 2.24) is 25.1 Å². The van der Waals surface area contributed by atoms with Crippen LogP contribution in [0, 0.1) is 6.92 Å². The van der Waals surface area contributed by atoms with Gasteiger partial charge in [0.15, 0.2) is 0 Å². The zero-order chi connectivity index (χ0) is 20.8. The number of hydrogen-bond acceptors (Lipinski definition) is 5. The molecular formula is C22H21ClN6O. The number of hydrogen-bond donors (Lipinski definition) is 1. The first kappa shape index (κ1) is 18.8. The zero-order valence-corrected chi connectivity index (χ0v) is 17.6. The highest BCUT2D eigenvalue weighted by Crippen LogP contribution is 2.38. The maximum absolute atomic E-state index is 11.6. The van der Waals surface area contributed by atoms with Crippen LogP contribution in [-0.2, 0) is 4.79 Å². The first-order valence-corrected chi connectivity index (χ1v) is 10.3. The topological polar surface area (TPSA) is 78.0 Å². The number of aromatic amines is 1. The Morgan fingerprint density at radius 3 is 2.70 bits per heavy atom. The number of carbonyl (C=O) groups is 1. The number of aromatic nitrogens is 4. The summed E-state index contributed by atoms with van der Waals surface area (Å²) < 4.78 is 0. The lowest BCUT2D eigenvalue weighted by molar-refractivity contribution is -0.129. The fourth-order valence-corrected chi connectivity index (χ4v) is 4.46. The molecule has 1 aliphatic rings. The number of piperazine rings is 1. The van der Waals surface area contributed by atoms with Crippen molar-refractivity contribution >= 4 is 45.1 Å². The van der Waals surface area contributed by atoms with Crippen molar-refractivity contribution in [2.45, 2.75) is 13.8 Å². The predicted molar refractivity (Wildman–Crippen MR) is 119 cm³/mol. The van der Waals surface area contributed by atoms with Crippen LogP contribution < -0.4 is 4.90 Å². The number of halogens is 1. The molecule has 1 amide bonds. The van der Waals surface area contributed by atoms with Crippen LogP contribution in [0.3, 0.4) is 0 Å². The van der Waals surface area contributed by atoms with Gasteiger partial charge in [-0.2, -0.15) is 5.10 Å². The van der Waals surface area contributed by atoms with E-state index in [4.69, 9.17) is 11.6 Å². The molecule has 1 N–H and O–H groups in total. The largest absolute Gasteiger partial charge is 0.352 e. The van der Waals surface area contributed by atoms with Gasteiger partial charge in [-0.1, -0.05) is 23.7 Å². The van der Waals surface area contributed by atoms with Gasteiger partial charge in [0, 0.05) is 60.0 Å². The normalized spacial score (nSPS) is 14.6. The molecule has 4 aromatic rings. The fourth-order valence-electron chi connectivity index (χ4n) is 4.20. The molecule has 3 heterocycles. The fraction of sp³-hybridized carbons (Fsp3) is 0.273. The van der Waals surface area contributed by atoms with Crippen LogP contribution in [0.5, 0.6) is 0 Å². The average molecular weight is 421 g/mol. The third kappa shape index (κ3) is 3.06. The summed E-state index contributed by atoms with van der Waals surface area (Å²) in [6, 6.07) is 8.10. The van der Waals surface area contributed by atoms with E-state index >= 15 is 0 Å². The molecule has 2 aromatic carbocycles. The summed E-state index contributed by atoms with van der Waals surface area (Å²) in [5.74, 6) is 0.964. The quantitative estimate of drug-likeness (QED) is 0.533. The van der Waals surface area contributed by atoms with Gasteiger partial charge in [0.05, 0.1) is 17.2 Å². The highest BCUT2D eigenvalue weighted by molar-refractivity contribution is 6.34. The summed E-state index contributed by atoms with van der Waals surface area (Å²) in [7, 11) is 0. The molecule has 152 valence electrons. The number of nitrogens with one attached hydrogen (secondary N) is 1. The highest BCUT2D eigenvalue weighted by Gasteiger charge is 2.22. The van der Waals surface area contributed by atoms with Crippen LogP contribution in [0.1, 0.15) is 12.5 Å². The van der Waals surface area contributed by atoms with Gasteiger partial charge in [-0.3, -0.25) is 9.89 Å². The number of aryl methyl sites for hydroxylation is 1. The van der Waals surface area contributed by atoms with Gasteiger partial charge in [0.2, 0.25) is 5.91 Å². The summed E-state index contributed by atoms with van der Waals surface area (Å²) in [5.41, 5.74) is 4.87. The maximum atomic E-state index is 11.6. The van der Waals surface area contributed by atoms with E-state index in [1.54, 1.807) is 13.3 Å². The predicted octanol–water partition coefficient (Wildman–Crippen LogP) is 3.80. The van der Waals surface area contributed by atoms with E-state index in [9.17, 15) is 4.79 Å². The molecule has 7 nitrogen and oxygen atoms in total. The summed E-state index contributed by atoms with van der Waals surface area (Å²) in [6.07, 6.45) is 3.41. The lowest BCUT2D eigenvalue weighted by atomic mass is 9.97. The Kier molecular flexibility index (Phi) is 4.55.